The summed E-state index contributed by atoms with van der Waals surface area (Å²) in [6.45, 7) is 2.04. The molecule has 26 nitrogen and oxygen atoms in total. The average molecular weight is 891 g/mol. The molecule has 0 heterocycles. The molecule has 3 unspecified atom stereocenters. The van der Waals surface area contributed by atoms with E-state index in [4.69, 9.17) is 32.9 Å². The molecule has 0 saturated heterocycles. The van der Waals surface area contributed by atoms with Crippen molar-refractivity contribution in [3.63, 3.8) is 0 Å². The second-order valence-electron chi connectivity index (χ2n) is 13.9. The molecule has 0 radical (unpaired) electrons. The molecule has 0 aromatic carbocycles. The van der Waals surface area contributed by atoms with Crippen LogP contribution in [0.1, 0.15) is 46.5 Å². The molecule has 0 aromatic heterocycles. The molecular formula is C28H53N4O22P3. The van der Waals surface area contributed by atoms with Gasteiger partial charge in [-0.3, -0.25) is 41.5 Å². The van der Waals surface area contributed by atoms with Crippen LogP contribution in [0.5, 0.6) is 0 Å². The summed E-state index contributed by atoms with van der Waals surface area (Å²) in [4.78, 5) is 67.5. The Kier molecular flexibility index (Phi) is 18.2. The summed E-state index contributed by atoms with van der Waals surface area (Å²) in [5, 5.41) is 80.7. The molecule has 3 rings (SSSR count). The SMILES string of the molecule is CC(=O)N[C@H]1[C@@H](O)[C@H](O)[C@@H](CO)C[C@@H]1OP(=O)(O)O[C@H]1C[C@H](OP(=O)(O)O[C@H]2C[C@H](OP(=O)(O)OCCCN)[C@@H](NC(C)=O)[C@@H](O)[C@@H]2O)[C@@H](NC(C)=O)[C@@H](O)[C@@H]1O. The number of nitrogens with one attached hydrogen (secondary N) is 3. The van der Waals surface area contributed by atoms with Gasteiger partial charge >= 0.3 is 23.5 Å². The molecule has 0 aliphatic heterocycles. The molecule has 3 fully saturated rings. The highest BCUT2D eigenvalue weighted by Crippen LogP contribution is 2.54. The van der Waals surface area contributed by atoms with E-state index in [1.165, 1.54) is 0 Å². The Morgan fingerprint density at radius 1 is 0.561 bits per heavy atom. The smallest absolute Gasteiger partial charge is 0.396 e. The van der Waals surface area contributed by atoms with Gasteiger partial charge in [-0.05, 0) is 19.4 Å². The first kappa shape index (κ1) is 49.8. The van der Waals surface area contributed by atoms with Crippen LogP contribution in [-0.4, -0.2) is 173 Å². The number of aliphatic hydroxyl groups is 7. The first-order chi connectivity index (χ1) is 26.3. The fourth-order valence-electron chi connectivity index (χ4n) is 6.79. The summed E-state index contributed by atoms with van der Waals surface area (Å²) < 4.78 is 70.0. The number of nitrogens with two attached hydrogens (primary N) is 1. The first-order valence-electron chi connectivity index (χ1n) is 17.6. The minimum absolute atomic E-state index is 0.0771. The van der Waals surface area contributed by atoms with Crippen molar-refractivity contribution in [1.29, 1.82) is 0 Å². The van der Waals surface area contributed by atoms with Crippen molar-refractivity contribution in [1.82, 2.24) is 16.0 Å². The van der Waals surface area contributed by atoms with E-state index in [9.17, 15) is 78.5 Å². The normalized spacial score (nSPS) is 39.2. The Balaban J connectivity index is 1.85. The number of hydrogen-bond donors (Lipinski definition) is 14. The summed E-state index contributed by atoms with van der Waals surface area (Å²) in [6, 6.07) is -4.85. The maximum atomic E-state index is 13.5. The summed E-state index contributed by atoms with van der Waals surface area (Å²) >= 11 is 0. The number of aliphatic hydroxyl groups excluding tert-OH is 7. The first-order valence-corrected chi connectivity index (χ1v) is 22.1. The topological polar surface area (TPSA) is 422 Å². The van der Waals surface area contributed by atoms with Gasteiger partial charge in [-0.2, -0.15) is 0 Å². The molecule has 0 spiro atoms. The highest BCUT2D eigenvalue weighted by atomic mass is 31.2. The molecular weight excluding hydrogens is 837 g/mol. The maximum Gasteiger partial charge on any atom is 0.472 e. The van der Waals surface area contributed by atoms with Crippen molar-refractivity contribution in [2.24, 2.45) is 11.7 Å². The second-order valence-corrected chi connectivity index (χ2v) is 18.0. The van der Waals surface area contributed by atoms with Crippen molar-refractivity contribution < 1.29 is 106 Å². The number of carbonyl (C=O) groups excluding carboxylic acids is 3. The maximum absolute atomic E-state index is 13.5. The largest absolute Gasteiger partial charge is 0.472 e. The predicted molar refractivity (Wildman–Crippen MR) is 187 cm³/mol. The van der Waals surface area contributed by atoms with Gasteiger partial charge in [0.1, 0.15) is 42.7 Å². The Hall–Kier alpha value is -1.58. The van der Waals surface area contributed by atoms with Gasteiger partial charge in [0.25, 0.3) is 0 Å². The van der Waals surface area contributed by atoms with Crippen LogP contribution in [-0.2, 0) is 55.2 Å². The fourth-order valence-corrected chi connectivity index (χ4v) is 10.1. The summed E-state index contributed by atoms with van der Waals surface area (Å²) in [7, 11) is -16.0. The van der Waals surface area contributed by atoms with Crippen LogP contribution in [0, 0.1) is 5.92 Å². The lowest BCUT2D eigenvalue weighted by Gasteiger charge is -2.45. The van der Waals surface area contributed by atoms with Crippen LogP contribution in [0.25, 0.3) is 0 Å². The lowest BCUT2D eigenvalue weighted by molar-refractivity contribution is -0.152. The number of phosphoric acid groups is 3. The molecule has 3 amide bonds. The van der Waals surface area contributed by atoms with Crippen LogP contribution < -0.4 is 21.7 Å². The quantitative estimate of drug-likeness (QED) is 0.0453. The van der Waals surface area contributed by atoms with Crippen molar-refractivity contribution in [3.8, 4) is 0 Å². The van der Waals surface area contributed by atoms with Crippen molar-refractivity contribution in [2.75, 3.05) is 19.8 Å². The van der Waals surface area contributed by atoms with Crippen LogP contribution in [0.2, 0.25) is 0 Å². The number of amides is 3. The zero-order chi connectivity index (χ0) is 43.2. The van der Waals surface area contributed by atoms with Crippen LogP contribution in [0.3, 0.4) is 0 Å². The third-order valence-corrected chi connectivity index (χ3v) is 12.5. The number of carbonyl (C=O) groups is 3. The molecule has 3 aliphatic carbocycles. The number of hydrogen-bond acceptors (Lipinski definition) is 20. The van der Waals surface area contributed by atoms with E-state index in [-0.39, 0.29) is 19.6 Å². The minimum Gasteiger partial charge on any atom is -0.396 e. The van der Waals surface area contributed by atoms with Crippen LogP contribution in [0.15, 0.2) is 0 Å². The molecule has 332 valence electrons. The Labute approximate surface area is 325 Å². The lowest BCUT2D eigenvalue weighted by Crippen LogP contribution is -2.63. The molecule has 15 N–H and O–H groups in total. The van der Waals surface area contributed by atoms with Gasteiger partial charge in [-0.1, -0.05) is 0 Å². The van der Waals surface area contributed by atoms with E-state index < -0.39 is 158 Å². The average Bonchev–Trinajstić information content (AvgIpc) is 3.08. The van der Waals surface area contributed by atoms with Crippen molar-refractivity contribution in [3.05, 3.63) is 0 Å². The number of phosphoric ester groups is 3. The van der Waals surface area contributed by atoms with E-state index in [0.29, 0.717) is 0 Å². The van der Waals surface area contributed by atoms with Gasteiger partial charge in [-0.15, -0.1) is 0 Å². The van der Waals surface area contributed by atoms with Crippen LogP contribution >= 0.6 is 23.5 Å². The molecule has 0 bridgehead atoms. The van der Waals surface area contributed by atoms with Crippen molar-refractivity contribution in [2.45, 2.75) is 132 Å². The Morgan fingerprint density at radius 2 is 0.895 bits per heavy atom. The molecule has 0 aromatic rings. The molecule has 29 heteroatoms. The van der Waals surface area contributed by atoms with E-state index in [1.807, 2.05) is 0 Å². The summed E-state index contributed by atoms with van der Waals surface area (Å²) in [6.07, 6.45) is -23.0. The van der Waals surface area contributed by atoms with E-state index in [0.717, 1.165) is 20.8 Å². The predicted octanol–water partition coefficient (Wildman–Crippen LogP) is -4.92. The van der Waals surface area contributed by atoms with Gasteiger partial charge in [0, 0.05) is 46.1 Å². The highest BCUT2D eigenvalue weighted by molar-refractivity contribution is 7.48. The summed E-state index contributed by atoms with van der Waals surface area (Å²) in [5.74, 6) is -3.48. The van der Waals surface area contributed by atoms with Gasteiger partial charge in [-0.25, -0.2) is 13.7 Å². The molecule has 3 aliphatic rings. The van der Waals surface area contributed by atoms with E-state index in [2.05, 4.69) is 16.0 Å². The zero-order valence-electron chi connectivity index (χ0n) is 30.9. The molecule has 18 atom stereocenters. The molecule has 3 saturated carbocycles. The minimum atomic E-state index is -5.59. The van der Waals surface area contributed by atoms with Crippen molar-refractivity contribution >= 4 is 41.2 Å². The number of rotatable bonds is 18. The second kappa shape index (κ2) is 20.8. The lowest BCUT2D eigenvalue weighted by atomic mass is 9.80. The molecule has 57 heavy (non-hydrogen) atoms. The van der Waals surface area contributed by atoms with Gasteiger partial charge in [0.2, 0.25) is 17.7 Å². The van der Waals surface area contributed by atoms with E-state index in [1.54, 1.807) is 0 Å². The van der Waals surface area contributed by atoms with Gasteiger partial charge < -0.3 is 72.1 Å². The Morgan fingerprint density at radius 3 is 1.25 bits per heavy atom. The zero-order valence-corrected chi connectivity index (χ0v) is 33.6. The van der Waals surface area contributed by atoms with E-state index >= 15 is 0 Å². The van der Waals surface area contributed by atoms with Crippen LogP contribution in [0.4, 0.5) is 0 Å². The van der Waals surface area contributed by atoms with Gasteiger partial charge in [0.05, 0.1) is 49.1 Å². The summed E-state index contributed by atoms with van der Waals surface area (Å²) in [5.41, 5.74) is 5.35. The third kappa shape index (κ3) is 14.0. The monoisotopic (exact) mass is 890 g/mol. The Bertz CT molecular complexity index is 1530. The highest BCUT2D eigenvalue weighted by Gasteiger charge is 2.54. The third-order valence-electron chi connectivity index (χ3n) is 9.35. The standard InChI is InChI=1S/C28H53N4O22P3/c1-11(34)30-20-15(7-14(10-33)23(37)26(20)40)51-56(45,46)53-19-9-17(22(32-13(3)36)28(42)25(19)39)52-57(47,48)54-18-8-16(50-55(43,44)49-6-4-5-29)21(31-12(2)35)27(41)24(18)38/h14-28,33,37-42H,4-10,29H2,1-3H3,(H,30,34)(H,31,35)(H,32,36)(H,43,44)(H,45,46)(H,47,48)/t14-,15+,16+,17+,18+,19+,20-,21-,22-,23-,24-,25-,26-,27-,28-/m1/s1. The van der Waals surface area contributed by atoms with Gasteiger partial charge in [0.15, 0.2) is 0 Å². The fraction of sp³-hybridized carbons (Fsp3) is 0.893.